The molecule has 1 heterocycles. The normalized spacial score (nSPS) is 17.6. The minimum absolute atomic E-state index is 0.0690. The average Bonchev–Trinajstić information content (AvgIpc) is 2.82. The fourth-order valence-electron chi connectivity index (χ4n) is 2.68. The van der Waals surface area contributed by atoms with Crippen molar-refractivity contribution in [3.05, 3.63) is 23.9 Å². The zero-order chi connectivity index (χ0) is 16.7. The molecule has 1 aliphatic rings. The Labute approximate surface area is 135 Å². The van der Waals surface area contributed by atoms with E-state index >= 15 is 0 Å². The first-order chi connectivity index (χ1) is 11.0. The van der Waals surface area contributed by atoms with Crippen LogP contribution in [0.25, 0.3) is 0 Å². The highest BCUT2D eigenvalue weighted by Gasteiger charge is 2.33. The average molecular weight is 326 g/mol. The van der Waals surface area contributed by atoms with Gasteiger partial charge >= 0.3 is 5.92 Å². The molecule has 3 N–H and O–H groups in total. The molecule has 1 aromatic heterocycles. The lowest BCUT2D eigenvalue weighted by atomic mass is 10.1. The van der Waals surface area contributed by atoms with Crippen molar-refractivity contribution < 1.29 is 13.5 Å². The van der Waals surface area contributed by atoms with E-state index in [2.05, 4.69) is 15.3 Å². The van der Waals surface area contributed by atoms with Crippen LogP contribution >= 0.6 is 0 Å². The third-order valence-electron chi connectivity index (χ3n) is 3.96. The molecule has 1 fully saturated rings. The number of guanidine groups is 1. The molecule has 23 heavy (non-hydrogen) atoms. The molecule has 0 aromatic carbocycles. The van der Waals surface area contributed by atoms with Crippen LogP contribution in [-0.4, -0.2) is 30.6 Å². The van der Waals surface area contributed by atoms with Crippen molar-refractivity contribution in [1.82, 2.24) is 10.3 Å². The van der Waals surface area contributed by atoms with E-state index < -0.39 is 12.5 Å². The van der Waals surface area contributed by atoms with Crippen LogP contribution in [0.15, 0.2) is 23.2 Å². The molecule has 0 amide bonds. The molecule has 0 atom stereocenters. The number of hydrogen-bond donors (Lipinski definition) is 2. The summed E-state index contributed by atoms with van der Waals surface area (Å²) in [6.45, 7) is -0.737. The molecule has 0 spiro atoms. The second kappa shape index (κ2) is 8.08. The van der Waals surface area contributed by atoms with Gasteiger partial charge in [-0.15, -0.1) is 0 Å². The highest BCUT2D eigenvalue weighted by molar-refractivity contribution is 5.78. The summed E-state index contributed by atoms with van der Waals surface area (Å²) in [5.74, 6) is -2.97. The van der Waals surface area contributed by atoms with E-state index in [1.807, 2.05) is 0 Å². The third kappa shape index (κ3) is 5.33. The van der Waals surface area contributed by atoms with Gasteiger partial charge in [-0.05, 0) is 18.9 Å². The van der Waals surface area contributed by atoms with Gasteiger partial charge in [-0.1, -0.05) is 31.7 Å². The van der Waals surface area contributed by atoms with Crippen molar-refractivity contribution in [1.29, 1.82) is 0 Å². The van der Waals surface area contributed by atoms with E-state index in [4.69, 9.17) is 10.5 Å². The number of nitrogens with zero attached hydrogens (tertiary/aromatic N) is 2. The summed E-state index contributed by atoms with van der Waals surface area (Å²) in [4.78, 5) is 7.57. The Kier molecular flexibility index (Phi) is 6.12. The monoisotopic (exact) mass is 326 g/mol. The first-order valence-electron chi connectivity index (χ1n) is 7.97. The zero-order valence-electron chi connectivity index (χ0n) is 13.4. The van der Waals surface area contributed by atoms with Crippen LogP contribution in [0.2, 0.25) is 0 Å². The van der Waals surface area contributed by atoms with Gasteiger partial charge in [0.05, 0.1) is 7.11 Å². The van der Waals surface area contributed by atoms with E-state index in [9.17, 15) is 8.78 Å². The third-order valence-corrected chi connectivity index (χ3v) is 3.96. The summed E-state index contributed by atoms with van der Waals surface area (Å²) in [7, 11) is 1.39. The first kappa shape index (κ1) is 17.4. The number of hydrogen-bond acceptors (Lipinski definition) is 3. The lowest BCUT2D eigenvalue weighted by molar-refractivity contribution is 0.00138. The molecule has 1 saturated carbocycles. The molecule has 0 aliphatic heterocycles. The van der Waals surface area contributed by atoms with Gasteiger partial charge in [-0.2, -0.15) is 8.78 Å². The van der Waals surface area contributed by atoms with Gasteiger partial charge in [-0.3, -0.25) is 0 Å². The molecule has 1 aromatic rings. The van der Waals surface area contributed by atoms with Gasteiger partial charge < -0.3 is 15.8 Å². The van der Waals surface area contributed by atoms with E-state index in [1.165, 1.54) is 38.2 Å². The Morgan fingerprint density at radius 2 is 2.04 bits per heavy atom. The number of halogens is 2. The lowest BCUT2D eigenvalue weighted by Crippen LogP contribution is -2.40. The SMILES string of the molecule is COc1cccc(C(F)(F)CN=C(N)NC2CCCCCC2)n1. The number of rotatable bonds is 5. The molecule has 5 nitrogen and oxygen atoms in total. The number of nitrogens with one attached hydrogen (secondary N) is 1. The van der Waals surface area contributed by atoms with Crippen molar-refractivity contribution in [3.63, 3.8) is 0 Å². The molecule has 0 bridgehead atoms. The maximum atomic E-state index is 14.2. The largest absolute Gasteiger partial charge is 0.481 e. The first-order valence-corrected chi connectivity index (χ1v) is 7.97. The molecular formula is C16H24F2N4O. The second-order valence-corrected chi connectivity index (χ2v) is 5.80. The van der Waals surface area contributed by atoms with Crippen molar-refractivity contribution in [2.75, 3.05) is 13.7 Å². The molecular weight excluding hydrogens is 302 g/mol. The summed E-state index contributed by atoms with van der Waals surface area (Å²) in [5, 5.41) is 3.05. The Morgan fingerprint density at radius 3 is 2.70 bits per heavy atom. The molecule has 0 radical (unpaired) electrons. The van der Waals surface area contributed by atoms with Gasteiger partial charge in [-0.25, -0.2) is 9.98 Å². The highest BCUT2D eigenvalue weighted by Crippen LogP contribution is 2.27. The minimum atomic E-state index is -3.19. The molecule has 128 valence electrons. The van der Waals surface area contributed by atoms with E-state index in [-0.39, 0.29) is 23.6 Å². The fraction of sp³-hybridized carbons (Fsp3) is 0.625. The van der Waals surface area contributed by atoms with Gasteiger partial charge in [0.2, 0.25) is 5.88 Å². The molecule has 1 aliphatic carbocycles. The summed E-state index contributed by atoms with van der Waals surface area (Å²) >= 11 is 0. The smallest absolute Gasteiger partial charge is 0.309 e. The number of alkyl halides is 2. The Balaban J connectivity index is 1.95. The number of aromatic nitrogens is 1. The van der Waals surface area contributed by atoms with Crippen LogP contribution in [0, 0.1) is 0 Å². The van der Waals surface area contributed by atoms with Gasteiger partial charge in [0.25, 0.3) is 0 Å². The number of nitrogens with two attached hydrogens (primary N) is 1. The number of methoxy groups -OCH3 is 1. The fourth-order valence-corrected chi connectivity index (χ4v) is 2.68. The van der Waals surface area contributed by atoms with Gasteiger partial charge in [0.15, 0.2) is 5.96 Å². The van der Waals surface area contributed by atoms with Crippen molar-refractivity contribution >= 4 is 5.96 Å². The summed E-state index contributed by atoms with van der Waals surface area (Å²) in [6, 6.07) is 4.48. The number of aliphatic imine (C=N–C) groups is 1. The van der Waals surface area contributed by atoms with Crippen LogP contribution in [0.1, 0.15) is 44.2 Å². The van der Waals surface area contributed by atoms with Crippen LogP contribution in [0.4, 0.5) is 8.78 Å². The standard InChI is InChI=1S/C16H24F2N4O/c1-23-14-10-6-9-13(22-14)16(17,18)11-20-15(19)21-12-7-4-2-3-5-8-12/h6,9-10,12H,2-5,7-8,11H2,1H3,(H3,19,20,21). The predicted molar refractivity (Wildman–Crippen MR) is 85.8 cm³/mol. The second-order valence-electron chi connectivity index (χ2n) is 5.80. The summed E-state index contributed by atoms with van der Waals surface area (Å²) in [6.07, 6.45) is 6.71. The number of ether oxygens (including phenoxy) is 1. The van der Waals surface area contributed by atoms with Crippen molar-refractivity contribution in [2.45, 2.75) is 50.5 Å². The van der Waals surface area contributed by atoms with E-state index in [0.717, 1.165) is 25.7 Å². The summed E-state index contributed by atoms with van der Waals surface area (Å²) in [5.41, 5.74) is 5.39. The quantitative estimate of drug-likeness (QED) is 0.496. The van der Waals surface area contributed by atoms with Gasteiger partial charge in [0.1, 0.15) is 12.2 Å². The Hall–Kier alpha value is -1.92. The molecule has 7 heteroatoms. The zero-order valence-corrected chi connectivity index (χ0v) is 13.4. The van der Waals surface area contributed by atoms with Crippen molar-refractivity contribution in [2.24, 2.45) is 10.7 Å². The lowest BCUT2D eigenvalue weighted by Gasteiger charge is -2.18. The number of pyridine rings is 1. The van der Waals surface area contributed by atoms with Crippen LogP contribution in [0.5, 0.6) is 5.88 Å². The predicted octanol–water partition coefficient (Wildman–Crippen LogP) is 2.81. The van der Waals surface area contributed by atoms with E-state index in [1.54, 1.807) is 0 Å². The Bertz CT molecular complexity index is 529. The van der Waals surface area contributed by atoms with Crippen LogP contribution < -0.4 is 15.8 Å². The molecule has 0 saturated heterocycles. The van der Waals surface area contributed by atoms with Crippen LogP contribution in [-0.2, 0) is 5.92 Å². The summed E-state index contributed by atoms with van der Waals surface area (Å²) < 4.78 is 33.2. The van der Waals surface area contributed by atoms with Crippen LogP contribution in [0.3, 0.4) is 0 Å². The van der Waals surface area contributed by atoms with E-state index in [0.29, 0.717) is 0 Å². The highest BCUT2D eigenvalue weighted by atomic mass is 19.3. The topological polar surface area (TPSA) is 72.5 Å². The molecule has 0 unspecified atom stereocenters. The Morgan fingerprint density at radius 1 is 1.35 bits per heavy atom. The molecule has 2 rings (SSSR count). The maximum Gasteiger partial charge on any atom is 0.309 e. The van der Waals surface area contributed by atoms with Gasteiger partial charge in [0, 0.05) is 12.1 Å². The minimum Gasteiger partial charge on any atom is -0.481 e. The van der Waals surface area contributed by atoms with Crippen molar-refractivity contribution in [3.8, 4) is 5.88 Å². The maximum absolute atomic E-state index is 14.2.